The fraction of sp³-hybridized carbons (Fsp3) is 0.222. The zero-order chi connectivity index (χ0) is 11.3. The molecule has 0 spiro atoms. The average Bonchev–Trinajstić information content (AvgIpc) is 2.19. The second kappa shape index (κ2) is 5.51. The van der Waals surface area contributed by atoms with E-state index in [2.05, 4.69) is 38.3 Å². The van der Waals surface area contributed by atoms with Crippen LogP contribution in [0.4, 0.5) is 5.69 Å². The lowest BCUT2D eigenvalue weighted by molar-refractivity contribution is 0.597. The van der Waals surface area contributed by atoms with Gasteiger partial charge >= 0.3 is 0 Å². The summed E-state index contributed by atoms with van der Waals surface area (Å²) >= 11 is 7.54. The predicted molar refractivity (Wildman–Crippen MR) is 67.0 cm³/mol. The highest BCUT2D eigenvalue weighted by Gasteiger charge is 2.12. The molecule has 0 bridgehead atoms. The number of halogens is 1. The summed E-state index contributed by atoms with van der Waals surface area (Å²) in [7, 11) is -3.18. The lowest BCUT2D eigenvalue weighted by Crippen LogP contribution is -2.07. The van der Waals surface area contributed by atoms with Crippen molar-refractivity contribution in [1.29, 1.82) is 0 Å². The molecule has 0 fully saturated rings. The van der Waals surface area contributed by atoms with E-state index in [0.29, 0.717) is 15.9 Å². The van der Waals surface area contributed by atoms with Crippen molar-refractivity contribution in [1.82, 2.24) is 0 Å². The second-order valence-electron chi connectivity index (χ2n) is 2.70. The molecule has 0 heterocycles. The summed E-state index contributed by atoms with van der Waals surface area (Å²) in [6, 6.07) is 6.23. The zero-order valence-corrected chi connectivity index (χ0v) is 10.9. The van der Waals surface area contributed by atoms with Gasteiger partial charge in [-0.25, -0.2) is 8.42 Å². The molecule has 0 N–H and O–H groups in total. The molecule has 1 aromatic rings. The minimum absolute atomic E-state index is 0.0861. The molecule has 1 rings (SSSR count). The number of nitrogens with zero attached hydrogens (tertiary/aromatic N) is 1. The molecule has 0 unspecified atom stereocenters. The van der Waals surface area contributed by atoms with Crippen LogP contribution < -0.4 is 0 Å². The van der Waals surface area contributed by atoms with E-state index in [1.165, 1.54) is 12.1 Å². The first kappa shape index (κ1) is 12.5. The van der Waals surface area contributed by atoms with Gasteiger partial charge in [-0.3, -0.25) is 0 Å². The summed E-state index contributed by atoms with van der Waals surface area (Å²) in [6.07, 6.45) is 0. The molecule has 0 aromatic heterocycles. The fourth-order valence-electron chi connectivity index (χ4n) is 1.00. The van der Waals surface area contributed by atoms with Gasteiger partial charge in [0.15, 0.2) is 9.84 Å². The number of hydrogen-bond acceptors (Lipinski definition) is 4. The van der Waals surface area contributed by atoms with Gasteiger partial charge in [0, 0.05) is 5.33 Å². The Labute approximate surface area is 102 Å². The summed E-state index contributed by atoms with van der Waals surface area (Å²) in [5.41, 5.74) is 0.600. The van der Waals surface area contributed by atoms with Crippen molar-refractivity contribution >= 4 is 48.8 Å². The number of alkyl halides is 1. The smallest absolute Gasteiger partial charge is 0.179 e. The fourth-order valence-corrected chi connectivity index (χ4v) is 3.37. The zero-order valence-electron chi connectivity index (χ0n) is 7.68. The molecule has 6 heteroatoms. The SMILES string of the molecule is O=S(=O)(CCBr)c1ccc(N=C=S)cc1. The van der Waals surface area contributed by atoms with Crippen molar-refractivity contribution in [3.63, 3.8) is 0 Å². The van der Waals surface area contributed by atoms with Gasteiger partial charge in [0.1, 0.15) is 0 Å². The first-order valence-electron chi connectivity index (χ1n) is 4.07. The molecule has 1 aromatic carbocycles. The largest absolute Gasteiger partial charge is 0.224 e. The van der Waals surface area contributed by atoms with Crippen LogP contribution in [0.1, 0.15) is 0 Å². The highest BCUT2D eigenvalue weighted by molar-refractivity contribution is 9.09. The third-order valence-corrected chi connectivity index (χ3v) is 4.46. The molecular formula is C9H8BrNO2S2. The Kier molecular flexibility index (Phi) is 4.60. The van der Waals surface area contributed by atoms with Gasteiger partial charge in [-0.1, -0.05) is 15.9 Å². The molecule has 0 aliphatic rings. The first-order valence-corrected chi connectivity index (χ1v) is 7.25. The Morgan fingerprint density at radius 1 is 1.33 bits per heavy atom. The minimum atomic E-state index is -3.18. The topological polar surface area (TPSA) is 46.5 Å². The second-order valence-corrected chi connectivity index (χ2v) is 5.79. The lowest BCUT2D eigenvalue weighted by atomic mass is 10.3. The first-order chi connectivity index (χ1) is 7.10. The van der Waals surface area contributed by atoms with Crippen LogP contribution in [0.2, 0.25) is 0 Å². The van der Waals surface area contributed by atoms with Gasteiger partial charge in [0.2, 0.25) is 0 Å². The van der Waals surface area contributed by atoms with Crippen molar-refractivity contribution in [3.05, 3.63) is 24.3 Å². The standard InChI is InChI=1S/C9H8BrNO2S2/c10-5-6-15(12,13)9-3-1-8(2-4-9)11-7-14/h1-4H,5-6H2. The maximum atomic E-state index is 11.6. The normalized spacial score (nSPS) is 10.7. The van der Waals surface area contributed by atoms with Crippen LogP contribution >= 0.6 is 28.1 Å². The van der Waals surface area contributed by atoms with Crippen molar-refractivity contribution in [3.8, 4) is 0 Å². The van der Waals surface area contributed by atoms with Crippen LogP contribution in [-0.2, 0) is 9.84 Å². The maximum absolute atomic E-state index is 11.6. The van der Waals surface area contributed by atoms with Gasteiger partial charge in [-0.2, -0.15) is 4.99 Å². The van der Waals surface area contributed by atoms with Crippen molar-refractivity contribution in [2.75, 3.05) is 11.1 Å². The molecule has 0 atom stereocenters. The lowest BCUT2D eigenvalue weighted by Gasteiger charge is -2.01. The predicted octanol–water partition coefficient (Wildman–Crippen LogP) is 2.59. The Morgan fingerprint density at radius 2 is 1.93 bits per heavy atom. The Morgan fingerprint density at radius 3 is 2.40 bits per heavy atom. The van der Waals surface area contributed by atoms with Crippen LogP contribution in [0.3, 0.4) is 0 Å². The molecule has 15 heavy (non-hydrogen) atoms. The van der Waals surface area contributed by atoms with Gasteiger partial charge in [0.25, 0.3) is 0 Å². The number of aliphatic imine (C=N–C) groups is 1. The molecule has 3 nitrogen and oxygen atoms in total. The summed E-state index contributed by atoms with van der Waals surface area (Å²) < 4.78 is 23.2. The number of thiocarbonyl (C=S) groups is 1. The molecule has 0 amide bonds. The Balaban J connectivity index is 3.03. The van der Waals surface area contributed by atoms with Gasteiger partial charge < -0.3 is 0 Å². The molecule has 0 aliphatic carbocycles. The number of rotatable bonds is 4. The van der Waals surface area contributed by atoms with Gasteiger partial charge in [-0.15, -0.1) is 0 Å². The number of isothiocyanates is 1. The quantitative estimate of drug-likeness (QED) is 0.488. The molecule has 0 radical (unpaired) electrons. The minimum Gasteiger partial charge on any atom is -0.224 e. The third-order valence-electron chi connectivity index (χ3n) is 1.72. The van der Waals surface area contributed by atoms with Crippen molar-refractivity contribution < 1.29 is 8.42 Å². The van der Waals surface area contributed by atoms with E-state index in [0.717, 1.165) is 0 Å². The van der Waals surface area contributed by atoms with Crippen molar-refractivity contribution in [2.24, 2.45) is 4.99 Å². The average molecular weight is 306 g/mol. The summed E-state index contributed by atoms with van der Waals surface area (Å²) in [5, 5.41) is 2.64. The van der Waals surface area contributed by atoms with Crippen molar-refractivity contribution in [2.45, 2.75) is 4.90 Å². The van der Waals surface area contributed by atoms with E-state index in [9.17, 15) is 8.42 Å². The van der Waals surface area contributed by atoms with Crippen LogP contribution in [0, 0.1) is 0 Å². The number of benzene rings is 1. The Hall–Kier alpha value is -0.550. The van der Waals surface area contributed by atoms with E-state index in [4.69, 9.17) is 0 Å². The molecule has 0 saturated heterocycles. The van der Waals surface area contributed by atoms with Gasteiger partial charge in [0.05, 0.1) is 21.5 Å². The molecule has 0 aliphatic heterocycles. The van der Waals surface area contributed by atoms with Crippen LogP contribution in [0.15, 0.2) is 34.2 Å². The molecular weight excluding hydrogens is 298 g/mol. The maximum Gasteiger partial charge on any atom is 0.179 e. The number of sulfone groups is 1. The highest BCUT2D eigenvalue weighted by atomic mass is 79.9. The van der Waals surface area contributed by atoms with Gasteiger partial charge in [-0.05, 0) is 36.5 Å². The van der Waals surface area contributed by atoms with E-state index in [1.807, 2.05) is 0 Å². The Bertz CT molecular complexity index is 475. The third kappa shape index (κ3) is 3.50. The molecule has 80 valence electrons. The van der Waals surface area contributed by atoms with E-state index >= 15 is 0 Å². The summed E-state index contributed by atoms with van der Waals surface area (Å²) in [4.78, 5) is 4.03. The number of hydrogen-bond donors (Lipinski definition) is 0. The van der Waals surface area contributed by atoms with E-state index < -0.39 is 9.84 Å². The van der Waals surface area contributed by atoms with Crippen LogP contribution in [0.25, 0.3) is 0 Å². The van der Waals surface area contributed by atoms with E-state index in [1.54, 1.807) is 12.1 Å². The molecule has 0 saturated carbocycles. The van der Waals surface area contributed by atoms with Crippen LogP contribution in [-0.4, -0.2) is 24.7 Å². The van der Waals surface area contributed by atoms with E-state index in [-0.39, 0.29) is 5.75 Å². The van der Waals surface area contributed by atoms with Crippen LogP contribution in [0.5, 0.6) is 0 Å². The summed E-state index contributed by atoms with van der Waals surface area (Å²) in [6.45, 7) is 0. The summed E-state index contributed by atoms with van der Waals surface area (Å²) in [5.74, 6) is 0.0861. The monoisotopic (exact) mass is 305 g/mol. The highest BCUT2D eigenvalue weighted by Crippen LogP contribution is 2.17.